The molecule has 0 aliphatic heterocycles. The Morgan fingerprint density at radius 1 is 1.22 bits per heavy atom. The molecule has 6 nitrogen and oxygen atoms in total. The van der Waals surface area contributed by atoms with Gasteiger partial charge in [-0.3, -0.25) is 9.55 Å². The Hall–Kier alpha value is -2.24. The van der Waals surface area contributed by atoms with Crippen molar-refractivity contribution in [3.05, 3.63) is 46.5 Å². The Labute approximate surface area is 105 Å². The van der Waals surface area contributed by atoms with Gasteiger partial charge >= 0.3 is 5.69 Å². The molecule has 0 aliphatic rings. The van der Waals surface area contributed by atoms with Crippen molar-refractivity contribution in [2.24, 2.45) is 0 Å². The maximum absolute atomic E-state index is 11.5. The number of nitrogens with zero attached hydrogens (tertiary/aromatic N) is 4. The number of aromatic nitrogens is 4. The van der Waals surface area contributed by atoms with E-state index in [1.807, 2.05) is 13.8 Å². The average Bonchev–Trinajstić information content (AvgIpc) is 2.37. The van der Waals surface area contributed by atoms with Gasteiger partial charge in [-0.1, -0.05) is 0 Å². The summed E-state index contributed by atoms with van der Waals surface area (Å²) in [5, 5.41) is 3.06. The summed E-state index contributed by atoms with van der Waals surface area (Å²) < 4.78 is 1.52. The second-order valence-electron chi connectivity index (χ2n) is 3.97. The molecule has 0 radical (unpaired) electrons. The van der Waals surface area contributed by atoms with Crippen LogP contribution in [0.5, 0.6) is 0 Å². The Balaban J connectivity index is 2.18. The number of hydrogen-bond acceptors (Lipinski definition) is 5. The molecule has 1 N–H and O–H groups in total. The van der Waals surface area contributed by atoms with Crippen LogP contribution in [0.2, 0.25) is 0 Å². The molecule has 6 heteroatoms. The zero-order valence-electron chi connectivity index (χ0n) is 10.4. The van der Waals surface area contributed by atoms with Crippen LogP contribution < -0.4 is 11.0 Å². The first-order valence-corrected chi connectivity index (χ1v) is 5.77. The summed E-state index contributed by atoms with van der Waals surface area (Å²) in [5.41, 5.74) is 1.39. The second-order valence-corrected chi connectivity index (χ2v) is 3.97. The zero-order valence-corrected chi connectivity index (χ0v) is 10.4. The predicted molar refractivity (Wildman–Crippen MR) is 68.5 cm³/mol. The van der Waals surface area contributed by atoms with Gasteiger partial charge in [-0.05, 0) is 19.4 Å². The predicted octanol–water partition coefficient (Wildman–Crippen LogP) is 0.822. The summed E-state index contributed by atoms with van der Waals surface area (Å²) in [6.45, 7) is 5.07. The Morgan fingerprint density at radius 3 is 2.72 bits per heavy atom. The summed E-state index contributed by atoms with van der Waals surface area (Å²) in [6, 6.07) is 0. The maximum atomic E-state index is 11.5. The van der Waals surface area contributed by atoms with Crippen LogP contribution in [0, 0.1) is 6.92 Å². The molecule has 0 fully saturated rings. The standard InChI is InChI=1S/C12H15N5O/c1-3-13-11-6-14-10(5-15-11)8-17-7-9(2)4-16-12(17)18/h4-7H,3,8H2,1-2H3,(H,13,15). The van der Waals surface area contributed by atoms with Gasteiger partial charge in [0.05, 0.1) is 24.6 Å². The van der Waals surface area contributed by atoms with E-state index in [2.05, 4.69) is 20.3 Å². The van der Waals surface area contributed by atoms with E-state index >= 15 is 0 Å². The van der Waals surface area contributed by atoms with Crippen molar-refractivity contribution < 1.29 is 0 Å². The molecule has 0 atom stereocenters. The monoisotopic (exact) mass is 245 g/mol. The second kappa shape index (κ2) is 5.39. The van der Waals surface area contributed by atoms with Gasteiger partial charge in [-0.25, -0.2) is 14.8 Å². The first-order valence-electron chi connectivity index (χ1n) is 5.77. The lowest BCUT2D eigenvalue weighted by atomic mass is 10.4. The molecule has 0 aromatic carbocycles. The summed E-state index contributed by atoms with van der Waals surface area (Å²) in [7, 11) is 0. The molecule has 0 unspecified atom stereocenters. The van der Waals surface area contributed by atoms with Crippen LogP contribution in [0.15, 0.2) is 29.6 Å². The van der Waals surface area contributed by atoms with Crippen LogP contribution in [0.4, 0.5) is 5.82 Å². The molecular weight excluding hydrogens is 230 g/mol. The smallest absolute Gasteiger partial charge is 0.347 e. The molecule has 0 bridgehead atoms. The molecule has 0 saturated carbocycles. The lowest BCUT2D eigenvalue weighted by molar-refractivity contribution is 0.702. The molecule has 0 aliphatic carbocycles. The lowest BCUT2D eigenvalue weighted by Gasteiger charge is -2.06. The molecule has 2 aromatic heterocycles. The summed E-state index contributed by atoms with van der Waals surface area (Å²) >= 11 is 0. The molecule has 2 heterocycles. The highest BCUT2D eigenvalue weighted by atomic mass is 16.1. The van der Waals surface area contributed by atoms with Gasteiger partial charge in [-0.2, -0.15) is 0 Å². The van der Waals surface area contributed by atoms with E-state index < -0.39 is 0 Å². The highest BCUT2D eigenvalue weighted by Gasteiger charge is 2.01. The number of nitrogens with one attached hydrogen (secondary N) is 1. The number of rotatable bonds is 4. The quantitative estimate of drug-likeness (QED) is 0.863. The van der Waals surface area contributed by atoms with E-state index in [1.54, 1.807) is 24.8 Å². The minimum Gasteiger partial charge on any atom is -0.369 e. The van der Waals surface area contributed by atoms with Crippen molar-refractivity contribution in [1.29, 1.82) is 0 Å². The van der Waals surface area contributed by atoms with Gasteiger partial charge in [0.1, 0.15) is 5.82 Å². The molecule has 0 saturated heterocycles. The maximum Gasteiger partial charge on any atom is 0.347 e. The van der Waals surface area contributed by atoms with Crippen molar-refractivity contribution >= 4 is 5.82 Å². The van der Waals surface area contributed by atoms with E-state index in [9.17, 15) is 4.79 Å². The van der Waals surface area contributed by atoms with E-state index in [4.69, 9.17) is 0 Å². The molecule has 0 amide bonds. The van der Waals surface area contributed by atoms with Crippen LogP contribution in [-0.2, 0) is 6.54 Å². The third-order valence-electron chi connectivity index (χ3n) is 2.38. The van der Waals surface area contributed by atoms with Crippen molar-refractivity contribution in [3.8, 4) is 0 Å². The highest BCUT2D eigenvalue weighted by molar-refractivity contribution is 5.30. The van der Waals surface area contributed by atoms with Crippen molar-refractivity contribution in [1.82, 2.24) is 19.5 Å². The van der Waals surface area contributed by atoms with E-state index in [0.717, 1.165) is 23.6 Å². The Morgan fingerprint density at radius 2 is 2.06 bits per heavy atom. The summed E-state index contributed by atoms with van der Waals surface area (Å²) in [5.74, 6) is 0.732. The fraction of sp³-hybridized carbons (Fsp3) is 0.333. The normalized spacial score (nSPS) is 10.3. The van der Waals surface area contributed by atoms with Gasteiger partial charge in [0.15, 0.2) is 0 Å². The minimum atomic E-state index is -0.279. The fourth-order valence-electron chi connectivity index (χ4n) is 1.56. The van der Waals surface area contributed by atoms with Crippen molar-refractivity contribution in [2.45, 2.75) is 20.4 Å². The largest absolute Gasteiger partial charge is 0.369 e. The SMILES string of the molecule is CCNc1cnc(Cn2cc(C)cnc2=O)cn1. The molecule has 18 heavy (non-hydrogen) atoms. The molecule has 2 rings (SSSR count). The lowest BCUT2D eigenvalue weighted by Crippen LogP contribution is -2.23. The average molecular weight is 245 g/mol. The van der Waals surface area contributed by atoms with Crippen molar-refractivity contribution in [3.63, 3.8) is 0 Å². The van der Waals surface area contributed by atoms with Gasteiger partial charge < -0.3 is 5.32 Å². The summed E-state index contributed by atoms with van der Waals surface area (Å²) in [4.78, 5) is 23.8. The van der Waals surface area contributed by atoms with E-state index in [-0.39, 0.29) is 5.69 Å². The topological polar surface area (TPSA) is 72.7 Å². The van der Waals surface area contributed by atoms with Gasteiger partial charge in [0.25, 0.3) is 0 Å². The zero-order chi connectivity index (χ0) is 13.0. The number of aryl methyl sites for hydroxylation is 1. The van der Waals surface area contributed by atoms with Crippen LogP contribution in [0.25, 0.3) is 0 Å². The van der Waals surface area contributed by atoms with Gasteiger partial charge in [0.2, 0.25) is 0 Å². The van der Waals surface area contributed by atoms with Crippen LogP contribution in [0.3, 0.4) is 0 Å². The Kier molecular flexibility index (Phi) is 3.66. The third kappa shape index (κ3) is 2.91. The number of anilines is 1. The molecule has 94 valence electrons. The first kappa shape index (κ1) is 12.2. The minimum absolute atomic E-state index is 0.279. The van der Waals surface area contributed by atoms with Crippen LogP contribution in [0.1, 0.15) is 18.2 Å². The van der Waals surface area contributed by atoms with Gasteiger partial charge in [-0.15, -0.1) is 0 Å². The molecule has 0 spiro atoms. The molecular formula is C12H15N5O. The fourth-order valence-corrected chi connectivity index (χ4v) is 1.56. The highest BCUT2D eigenvalue weighted by Crippen LogP contribution is 2.02. The van der Waals surface area contributed by atoms with Crippen LogP contribution >= 0.6 is 0 Å². The van der Waals surface area contributed by atoms with Crippen LogP contribution in [-0.4, -0.2) is 26.1 Å². The third-order valence-corrected chi connectivity index (χ3v) is 2.38. The van der Waals surface area contributed by atoms with Gasteiger partial charge in [0, 0.05) is 18.9 Å². The van der Waals surface area contributed by atoms with E-state index in [1.165, 1.54) is 4.57 Å². The summed E-state index contributed by atoms with van der Waals surface area (Å²) in [6.07, 6.45) is 6.63. The van der Waals surface area contributed by atoms with E-state index in [0.29, 0.717) is 6.54 Å². The number of hydrogen-bond donors (Lipinski definition) is 1. The Bertz CT molecular complexity index is 576. The first-order chi connectivity index (χ1) is 8.69. The van der Waals surface area contributed by atoms with Crippen molar-refractivity contribution in [2.75, 3.05) is 11.9 Å². The molecule has 2 aromatic rings.